The Hall–Kier alpha value is -2.83. The number of anilines is 2. The molecule has 1 aromatic heterocycles. The lowest BCUT2D eigenvalue weighted by molar-refractivity contribution is -0.392. The highest BCUT2D eigenvalue weighted by Crippen LogP contribution is 2.39. The molecule has 0 spiro atoms. The minimum atomic E-state index is -0.770. The van der Waals surface area contributed by atoms with Crippen LogP contribution in [0.3, 0.4) is 0 Å². The highest BCUT2D eigenvalue weighted by Gasteiger charge is 2.29. The Kier molecular flexibility index (Phi) is 3.77. The minimum absolute atomic E-state index is 0.0157. The molecular formula is C12H6IN5O5. The van der Waals surface area contributed by atoms with E-state index in [1.165, 1.54) is 0 Å². The SMILES string of the molecule is O=[N+]([O-])c1cc([N+](=O)[O-])c2nonc2c1Nc1ccc(I)cc1. The lowest BCUT2D eigenvalue weighted by atomic mass is 10.2. The summed E-state index contributed by atoms with van der Waals surface area (Å²) in [4.78, 5) is 20.8. The maximum Gasteiger partial charge on any atom is 0.307 e. The van der Waals surface area contributed by atoms with Crippen LogP contribution >= 0.6 is 22.6 Å². The highest BCUT2D eigenvalue weighted by molar-refractivity contribution is 14.1. The molecule has 0 aliphatic carbocycles. The Morgan fingerprint density at radius 1 is 1.00 bits per heavy atom. The summed E-state index contributed by atoms with van der Waals surface area (Å²) in [5.74, 6) is 0. The van der Waals surface area contributed by atoms with Gasteiger partial charge < -0.3 is 5.32 Å². The lowest BCUT2D eigenvalue weighted by Crippen LogP contribution is -2.01. The fourth-order valence-electron chi connectivity index (χ4n) is 2.00. The van der Waals surface area contributed by atoms with Crippen LogP contribution in [0.5, 0.6) is 0 Å². The van der Waals surface area contributed by atoms with Gasteiger partial charge in [0.15, 0.2) is 5.52 Å². The lowest BCUT2D eigenvalue weighted by Gasteiger charge is -2.07. The van der Waals surface area contributed by atoms with E-state index in [0.29, 0.717) is 5.69 Å². The van der Waals surface area contributed by atoms with Gasteiger partial charge in [0.25, 0.3) is 0 Å². The predicted octanol–water partition coefficient (Wildman–Crippen LogP) is 3.39. The van der Waals surface area contributed by atoms with Crippen molar-refractivity contribution in [2.45, 2.75) is 0 Å². The van der Waals surface area contributed by atoms with Crippen molar-refractivity contribution >= 4 is 56.4 Å². The summed E-state index contributed by atoms with van der Waals surface area (Å²) < 4.78 is 5.51. The van der Waals surface area contributed by atoms with Crippen molar-refractivity contribution in [2.24, 2.45) is 0 Å². The zero-order valence-corrected chi connectivity index (χ0v) is 13.3. The van der Waals surface area contributed by atoms with E-state index in [2.05, 4.69) is 42.9 Å². The summed E-state index contributed by atoms with van der Waals surface area (Å²) in [7, 11) is 0. The largest absolute Gasteiger partial charge is 0.348 e. The van der Waals surface area contributed by atoms with Gasteiger partial charge in [0.1, 0.15) is 5.69 Å². The summed E-state index contributed by atoms with van der Waals surface area (Å²) in [6.07, 6.45) is 0. The monoisotopic (exact) mass is 427 g/mol. The molecule has 0 amide bonds. The first-order valence-corrected chi connectivity index (χ1v) is 7.16. The maximum absolute atomic E-state index is 11.3. The standard InChI is InChI=1S/C12H6IN5O5/c13-6-1-3-7(4-2-6)14-10-8(17(19)20)5-9(18(21)22)11-12(10)16-23-15-11/h1-5,14H. The fourth-order valence-corrected chi connectivity index (χ4v) is 2.36. The van der Waals surface area contributed by atoms with Gasteiger partial charge >= 0.3 is 11.4 Å². The van der Waals surface area contributed by atoms with Crippen LogP contribution in [0.4, 0.5) is 22.7 Å². The van der Waals surface area contributed by atoms with E-state index in [1.807, 2.05) is 0 Å². The van der Waals surface area contributed by atoms with E-state index in [-0.39, 0.29) is 16.7 Å². The quantitative estimate of drug-likeness (QED) is 0.380. The molecule has 3 aromatic rings. The molecule has 0 atom stereocenters. The molecule has 0 saturated heterocycles. The number of aromatic nitrogens is 2. The second kappa shape index (κ2) is 5.75. The smallest absolute Gasteiger partial charge is 0.307 e. The van der Waals surface area contributed by atoms with Crippen molar-refractivity contribution in [3.05, 3.63) is 54.1 Å². The van der Waals surface area contributed by atoms with E-state index in [1.54, 1.807) is 24.3 Å². The van der Waals surface area contributed by atoms with Crippen LogP contribution in [-0.4, -0.2) is 20.2 Å². The average molecular weight is 427 g/mol. The summed E-state index contributed by atoms with van der Waals surface area (Å²) >= 11 is 2.12. The summed E-state index contributed by atoms with van der Waals surface area (Å²) in [5.41, 5.74) is -0.720. The number of nitrogens with one attached hydrogen (secondary N) is 1. The molecule has 0 bridgehead atoms. The molecule has 0 fully saturated rings. The summed E-state index contributed by atoms with van der Waals surface area (Å²) in [6.45, 7) is 0. The molecule has 0 unspecified atom stereocenters. The molecule has 23 heavy (non-hydrogen) atoms. The third kappa shape index (κ3) is 2.77. The number of nitrogens with zero attached hydrogens (tertiary/aromatic N) is 4. The first-order valence-electron chi connectivity index (χ1n) is 6.08. The zero-order chi connectivity index (χ0) is 16.6. The van der Waals surface area contributed by atoms with Gasteiger partial charge in [-0.25, -0.2) is 4.63 Å². The van der Waals surface area contributed by atoms with Crippen LogP contribution < -0.4 is 5.32 Å². The van der Waals surface area contributed by atoms with Crippen LogP contribution in [-0.2, 0) is 0 Å². The number of halogens is 1. The van der Waals surface area contributed by atoms with Crippen molar-refractivity contribution in [1.29, 1.82) is 0 Å². The molecule has 116 valence electrons. The maximum atomic E-state index is 11.3. The number of nitro groups is 2. The Bertz CT molecular complexity index is 923. The van der Waals surface area contributed by atoms with Crippen molar-refractivity contribution in [2.75, 3.05) is 5.32 Å². The van der Waals surface area contributed by atoms with Crippen molar-refractivity contribution in [3.8, 4) is 0 Å². The normalized spacial score (nSPS) is 10.7. The molecule has 3 rings (SSSR count). The molecule has 0 aliphatic heterocycles. The third-order valence-corrected chi connectivity index (χ3v) is 3.72. The predicted molar refractivity (Wildman–Crippen MR) is 87.6 cm³/mol. The Morgan fingerprint density at radius 2 is 1.61 bits per heavy atom. The van der Waals surface area contributed by atoms with Crippen LogP contribution in [0.15, 0.2) is 35.0 Å². The van der Waals surface area contributed by atoms with Gasteiger partial charge in [-0.15, -0.1) is 0 Å². The number of benzene rings is 2. The van der Waals surface area contributed by atoms with Crippen LogP contribution in [0.2, 0.25) is 0 Å². The Balaban J connectivity index is 2.22. The molecule has 0 radical (unpaired) electrons. The molecule has 2 aromatic carbocycles. The van der Waals surface area contributed by atoms with Gasteiger partial charge in [-0.1, -0.05) is 0 Å². The molecule has 0 saturated carbocycles. The van der Waals surface area contributed by atoms with Crippen LogP contribution in [0.25, 0.3) is 11.0 Å². The third-order valence-electron chi connectivity index (χ3n) is 3.00. The van der Waals surface area contributed by atoms with Gasteiger partial charge in [-0.3, -0.25) is 20.2 Å². The first-order chi connectivity index (χ1) is 11.0. The molecule has 10 nitrogen and oxygen atoms in total. The molecule has 0 aliphatic rings. The molecule has 1 N–H and O–H groups in total. The second-order valence-electron chi connectivity index (χ2n) is 4.40. The van der Waals surface area contributed by atoms with Gasteiger partial charge in [0, 0.05) is 9.26 Å². The van der Waals surface area contributed by atoms with E-state index in [0.717, 1.165) is 9.64 Å². The van der Waals surface area contributed by atoms with Crippen LogP contribution in [0.1, 0.15) is 0 Å². The fraction of sp³-hybridized carbons (Fsp3) is 0. The minimum Gasteiger partial charge on any atom is -0.348 e. The number of non-ortho nitro benzene ring substituents is 1. The van der Waals surface area contributed by atoms with E-state index in [9.17, 15) is 20.2 Å². The van der Waals surface area contributed by atoms with E-state index in [4.69, 9.17) is 0 Å². The first kappa shape index (κ1) is 15.1. The Morgan fingerprint density at radius 3 is 2.22 bits per heavy atom. The highest BCUT2D eigenvalue weighted by atomic mass is 127. The number of hydrogen-bond acceptors (Lipinski definition) is 8. The number of fused-ring (bicyclic) bond motifs is 1. The number of nitro benzene ring substituents is 2. The van der Waals surface area contributed by atoms with Gasteiger partial charge in [-0.05, 0) is 57.2 Å². The van der Waals surface area contributed by atoms with Gasteiger partial charge in [0.05, 0.1) is 15.9 Å². The van der Waals surface area contributed by atoms with Crippen molar-refractivity contribution in [3.63, 3.8) is 0 Å². The van der Waals surface area contributed by atoms with Gasteiger partial charge in [0.2, 0.25) is 5.52 Å². The van der Waals surface area contributed by atoms with Crippen LogP contribution in [0, 0.1) is 23.8 Å². The molecular weight excluding hydrogens is 421 g/mol. The summed E-state index contributed by atoms with van der Waals surface area (Å²) in [5, 5.41) is 32.2. The average Bonchev–Trinajstić information content (AvgIpc) is 2.98. The number of rotatable bonds is 4. The summed E-state index contributed by atoms with van der Waals surface area (Å²) in [6, 6.07) is 7.87. The van der Waals surface area contributed by atoms with E-state index >= 15 is 0 Å². The topological polar surface area (TPSA) is 137 Å². The van der Waals surface area contributed by atoms with Crippen molar-refractivity contribution in [1.82, 2.24) is 10.3 Å². The van der Waals surface area contributed by atoms with E-state index < -0.39 is 21.2 Å². The Labute approximate surface area is 140 Å². The van der Waals surface area contributed by atoms with Crippen molar-refractivity contribution < 1.29 is 14.5 Å². The second-order valence-corrected chi connectivity index (χ2v) is 5.64. The zero-order valence-electron chi connectivity index (χ0n) is 11.1. The molecule has 11 heteroatoms. The number of hydrogen-bond donors (Lipinski definition) is 1. The molecule has 1 heterocycles. The van der Waals surface area contributed by atoms with Gasteiger partial charge in [-0.2, -0.15) is 0 Å².